The molecule has 1 spiro atoms. The minimum atomic E-state index is -4.48. The summed E-state index contributed by atoms with van der Waals surface area (Å²) in [5, 5.41) is 3.22. The van der Waals surface area contributed by atoms with Crippen LogP contribution in [0.4, 0.5) is 17.6 Å². The number of nitrogens with one attached hydrogen (secondary N) is 1. The van der Waals surface area contributed by atoms with E-state index in [-0.39, 0.29) is 5.92 Å². The lowest BCUT2D eigenvalue weighted by atomic mass is 9.49. The molecule has 5 heteroatoms. The van der Waals surface area contributed by atoms with E-state index in [0.29, 0.717) is 23.1 Å². The molecule has 1 nitrogen and oxygen atoms in total. The molecule has 1 N–H and O–H groups in total. The Morgan fingerprint density at radius 2 is 1.80 bits per heavy atom. The van der Waals surface area contributed by atoms with Crippen LogP contribution in [-0.2, 0) is 6.18 Å². The molecule has 20 heavy (non-hydrogen) atoms. The first-order chi connectivity index (χ1) is 9.33. The van der Waals surface area contributed by atoms with Crippen LogP contribution in [0.5, 0.6) is 0 Å². The van der Waals surface area contributed by atoms with Gasteiger partial charge in [0.1, 0.15) is 5.82 Å². The van der Waals surface area contributed by atoms with E-state index in [1.54, 1.807) is 0 Å². The Hall–Kier alpha value is -1.10. The largest absolute Gasteiger partial charge is 0.416 e. The van der Waals surface area contributed by atoms with Gasteiger partial charge in [-0.25, -0.2) is 4.39 Å². The first-order valence-electron chi connectivity index (χ1n) is 6.87. The third-order valence-electron chi connectivity index (χ3n) is 4.89. The fourth-order valence-corrected chi connectivity index (χ4v) is 3.76. The number of alkyl halides is 3. The van der Waals surface area contributed by atoms with Gasteiger partial charge in [-0.3, -0.25) is 0 Å². The molecule has 0 bridgehead atoms. The van der Waals surface area contributed by atoms with Crippen LogP contribution >= 0.6 is 0 Å². The van der Waals surface area contributed by atoms with E-state index < -0.39 is 17.6 Å². The fourth-order valence-electron chi connectivity index (χ4n) is 3.76. The average Bonchev–Trinajstić information content (AvgIpc) is 2.26. The second-order valence-electron chi connectivity index (χ2n) is 6.23. The topological polar surface area (TPSA) is 12.0 Å². The summed E-state index contributed by atoms with van der Waals surface area (Å²) < 4.78 is 51.3. The highest BCUT2D eigenvalue weighted by Gasteiger charge is 2.53. The van der Waals surface area contributed by atoms with Gasteiger partial charge >= 0.3 is 6.18 Å². The molecular formula is C15H17F4N. The third kappa shape index (κ3) is 2.22. The van der Waals surface area contributed by atoms with Crippen molar-refractivity contribution >= 4 is 0 Å². The molecule has 1 aromatic rings. The van der Waals surface area contributed by atoms with Crippen LogP contribution in [0.3, 0.4) is 0 Å². The van der Waals surface area contributed by atoms with Crippen molar-refractivity contribution in [3.63, 3.8) is 0 Å². The molecule has 2 saturated carbocycles. The number of halogens is 4. The lowest BCUT2D eigenvalue weighted by Crippen LogP contribution is -2.53. The third-order valence-corrected chi connectivity index (χ3v) is 4.89. The molecule has 0 heterocycles. The molecule has 2 fully saturated rings. The van der Waals surface area contributed by atoms with Gasteiger partial charge in [0, 0.05) is 6.04 Å². The van der Waals surface area contributed by atoms with Crippen LogP contribution < -0.4 is 5.32 Å². The summed E-state index contributed by atoms with van der Waals surface area (Å²) in [6, 6.07) is 3.47. The second kappa shape index (κ2) is 4.45. The van der Waals surface area contributed by atoms with E-state index in [1.165, 1.54) is 6.07 Å². The van der Waals surface area contributed by atoms with Crippen LogP contribution in [0, 0.1) is 11.2 Å². The standard InChI is InChI=1S/C15H17F4N/c1-20-11-7-14(8-11)5-9(6-14)12-3-2-10(4-13(12)16)15(17,18)19/h2-4,9,11,20H,5-8H2,1H3. The molecule has 2 aliphatic carbocycles. The van der Waals surface area contributed by atoms with E-state index in [4.69, 9.17) is 0 Å². The average molecular weight is 287 g/mol. The number of benzene rings is 1. The predicted octanol–water partition coefficient (Wildman–Crippen LogP) is 4.09. The first kappa shape index (κ1) is 13.9. The van der Waals surface area contributed by atoms with Gasteiger partial charge in [-0.15, -0.1) is 0 Å². The lowest BCUT2D eigenvalue weighted by Gasteiger charge is -2.58. The Labute approximate surface area is 115 Å². The molecule has 3 rings (SSSR count). The van der Waals surface area contributed by atoms with Gasteiger partial charge in [-0.1, -0.05) is 6.07 Å². The predicted molar refractivity (Wildman–Crippen MR) is 67.9 cm³/mol. The van der Waals surface area contributed by atoms with Gasteiger partial charge < -0.3 is 5.32 Å². The summed E-state index contributed by atoms with van der Waals surface area (Å²) in [7, 11) is 1.93. The Balaban J connectivity index is 1.68. The van der Waals surface area contributed by atoms with Gasteiger partial charge in [0.25, 0.3) is 0 Å². The molecule has 1 aromatic carbocycles. The van der Waals surface area contributed by atoms with Crippen LogP contribution in [-0.4, -0.2) is 13.1 Å². The van der Waals surface area contributed by atoms with E-state index >= 15 is 0 Å². The summed E-state index contributed by atoms with van der Waals surface area (Å²) in [6.45, 7) is 0. The molecule has 0 atom stereocenters. The van der Waals surface area contributed by atoms with Gasteiger partial charge in [-0.2, -0.15) is 13.2 Å². The highest BCUT2D eigenvalue weighted by Crippen LogP contribution is 2.62. The lowest BCUT2D eigenvalue weighted by molar-refractivity contribution is -0.137. The zero-order valence-corrected chi connectivity index (χ0v) is 11.2. The Morgan fingerprint density at radius 3 is 2.30 bits per heavy atom. The molecule has 0 amide bonds. The monoisotopic (exact) mass is 287 g/mol. The normalized spacial score (nSPS) is 32.9. The maximum atomic E-state index is 13.9. The van der Waals surface area contributed by atoms with E-state index in [2.05, 4.69) is 5.32 Å². The van der Waals surface area contributed by atoms with Gasteiger partial charge in [0.05, 0.1) is 5.56 Å². The van der Waals surface area contributed by atoms with Crippen molar-refractivity contribution in [3.05, 3.63) is 35.1 Å². The number of hydrogen-bond acceptors (Lipinski definition) is 1. The minimum absolute atomic E-state index is 0.0788. The summed E-state index contributed by atoms with van der Waals surface area (Å²) in [4.78, 5) is 0. The Kier molecular flexibility index (Phi) is 3.08. The summed E-state index contributed by atoms with van der Waals surface area (Å²) >= 11 is 0. The Morgan fingerprint density at radius 1 is 1.15 bits per heavy atom. The summed E-state index contributed by atoms with van der Waals surface area (Å²) in [5.74, 6) is -0.640. The van der Waals surface area contributed by atoms with Crippen LogP contribution in [0.1, 0.15) is 42.7 Å². The maximum absolute atomic E-state index is 13.9. The summed E-state index contributed by atoms with van der Waals surface area (Å²) in [5.41, 5.74) is -0.156. The van der Waals surface area contributed by atoms with E-state index in [9.17, 15) is 17.6 Å². The molecular weight excluding hydrogens is 270 g/mol. The molecule has 0 aliphatic heterocycles. The quantitative estimate of drug-likeness (QED) is 0.808. The molecule has 110 valence electrons. The first-order valence-corrected chi connectivity index (χ1v) is 6.87. The van der Waals surface area contributed by atoms with Crippen LogP contribution in [0.2, 0.25) is 0 Å². The zero-order valence-electron chi connectivity index (χ0n) is 11.2. The van der Waals surface area contributed by atoms with Crippen molar-refractivity contribution in [1.82, 2.24) is 5.32 Å². The maximum Gasteiger partial charge on any atom is 0.416 e. The molecule has 0 aromatic heterocycles. The van der Waals surface area contributed by atoms with Crippen molar-refractivity contribution in [3.8, 4) is 0 Å². The van der Waals surface area contributed by atoms with Crippen molar-refractivity contribution in [2.24, 2.45) is 5.41 Å². The van der Waals surface area contributed by atoms with Crippen molar-refractivity contribution < 1.29 is 17.6 Å². The minimum Gasteiger partial charge on any atom is -0.317 e. The zero-order chi connectivity index (χ0) is 14.5. The van der Waals surface area contributed by atoms with Gasteiger partial charge in [-0.05, 0) is 61.8 Å². The second-order valence-corrected chi connectivity index (χ2v) is 6.23. The molecule has 2 aliphatic rings. The number of hydrogen-bond donors (Lipinski definition) is 1. The van der Waals surface area contributed by atoms with E-state index in [0.717, 1.165) is 31.7 Å². The SMILES string of the molecule is CNC1CC2(C1)CC(c1ccc(C(F)(F)F)cc1F)C2. The highest BCUT2D eigenvalue weighted by atomic mass is 19.4. The fraction of sp³-hybridized carbons (Fsp3) is 0.600. The van der Waals surface area contributed by atoms with Crippen LogP contribution in [0.25, 0.3) is 0 Å². The number of rotatable bonds is 2. The summed E-state index contributed by atoms with van der Waals surface area (Å²) in [6.07, 6.45) is -0.486. The van der Waals surface area contributed by atoms with Crippen LogP contribution in [0.15, 0.2) is 18.2 Å². The Bertz CT molecular complexity index is 509. The molecule has 0 unspecified atom stereocenters. The highest BCUT2D eigenvalue weighted by molar-refractivity contribution is 5.31. The molecule has 0 radical (unpaired) electrons. The van der Waals surface area contributed by atoms with E-state index in [1.807, 2.05) is 7.05 Å². The van der Waals surface area contributed by atoms with Crippen molar-refractivity contribution in [2.45, 2.75) is 43.8 Å². The smallest absolute Gasteiger partial charge is 0.317 e. The van der Waals surface area contributed by atoms with Gasteiger partial charge in [0.15, 0.2) is 0 Å². The van der Waals surface area contributed by atoms with Crippen molar-refractivity contribution in [1.29, 1.82) is 0 Å². The van der Waals surface area contributed by atoms with Crippen molar-refractivity contribution in [2.75, 3.05) is 7.05 Å². The van der Waals surface area contributed by atoms with Gasteiger partial charge in [0.2, 0.25) is 0 Å². The molecule has 0 saturated heterocycles.